The van der Waals surface area contributed by atoms with Gasteiger partial charge in [0, 0.05) is 34.4 Å². The van der Waals surface area contributed by atoms with Gasteiger partial charge in [-0.15, -0.1) is 0 Å². The van der Waals surface area contributed by atoms with Crippen LogP contribution in [0.25, 0.3) is 16.7 Å². The molecule has 0 radical (unpaired) electrons. The average Bonchev–Trinajstić information content (AvgIpc) is 3.43. The number of hydrogen-bond acceptors (Lipinski definition) is 4. The van der Waals surface area contributed by atoms with Crippen molar-refractivity contribution in [3.05, 3.63) is 107 Å². The molecule has 2 aromatic carbocycles. The van der Waals surface area contributed by atoms with Gasteiger partial charge in [-0.1, -0.05) is 36.4 Å². The van der Waals surface area contributed by atoms with Crippen LogP contribution < -0.4 is 0 Å². The first-order valence-corrected chi connectivity index (χ1v) is 12.0. The minimum Gasteiger partial charge on any atom is -0.507 e. The number of para-hydroxylation sites is 1. The van der Waals surface area contributed by atoms with Crippen LogP contribution >= 0.6 is 0 Å². The lowest BCUT2D eigenvalue weighted by Gasteiger charge is -2.24. The standard InChI is InChI=1S/C29H25N3O3/c33-27(20-13-12-18-7-1-2-8-19(18)15-20)25-26(23-16-31-24-11-4-3-10-22(23)24)32(29(35)28(25)34)17-21-9-5-6-14-30-21/h3-6,9-16,26,31,33H,1-2,7-8,17H2/b27-25+. The number of rotatable bonds is 4. The maximum absolute atomic E-state index is 13.4. The number of pyridine rings is 1. The summed E-state index contributed by atoms with van der Waals surface area (Å²) in [5.41, 5.74) is 5.53. The Morgan fingerprint density at radius 2 is 1.80 bits per heavy atom. The molecule has 6 rings (SSSR count). The number of nitrogens with one attached hydrogen (secondary N) is 1. The molecule has 35 heavy (non-hydrogen) atoms. The second-order valence-corrected chi connectivity index (χ2v) is 9.23. The van der Waals surface area contributed by atoms with Gasteiger partial charge in [-0.05, 0) is 61.1 Å². The monoisotopic (exact) mass is 463 g/mol. The van der Waals surface area contributed by atoms with Crippen molar-refractivity contribution in [3.8, 4) is 0 Å². The summed E-state index contributed by atoms with van der Waals surface area (Å²) < 4.78 is 0. The van der Waals surface area contributed by atoms with Gasteiger partial charge in [-0.25, -0.2) is 0 Å². The third-order valence-corrected chi connectivity index (χ3v) is 7.14. The van der Waals surface area contributed by atoms with Crippen LogP contribution in [-0.4, -0.2) is 31.7 Å². The zero-order valence-corrected chi connectivity index (χ0v) is 19.2. The van der Waals surface area contributed by atoms with Crippen LogP contribution in [0.5, 0.6) is 0 Å². The molecule has 2 aromatic heterocycles. The highest BCUT2D eigenvalue weighted by Crippen LogP contribution is 2.42. The van der Waals surface area contributed by atoms with Gasteiger partial charge in [-0.2, -0.15) is 0 Å². The number of aryl methyl sites for hydroxylation is 2. The van der Waals surface area contributed by atoms with E-state index in [0.29, 0.717) is 11.3 Å². The van der Waals surface area contributed by atoms with E-state index in [1.807, 2.05) is 66.9 Å². The first kappa shape index (κ1) is 21.4. The van der Waals surface area contributed by atoms with Gasteiger partial charge in [-0.3, -0.25) is 14.6 Å². The Kier molecular flexibility index (Phi) is 5.21. The number of likely N-dealkylation sites (tertiary alicyclic amines) is 1. The largest absolute Gasteiger partial charge is 0.507 e. The number of aliphatic hydroxyl groups excluding tert-OH is 1. The second kappa shape index (κ2) is 8.55. The Morgan fingerprint density at radius 1 is 1.00 bits per heavy atom. The lowest BCUT2D eigenvalue weighted by Crippen LogP contribution is -2.29. The third kappa shape index (κ3) is 3.62. The summed E-state index contributed by atoms with van der Waals surface area (Å²) in [7, 11) is 0. The number of H-pyrrole nitrogens is 1. The molecule has 6 nitrogen and oxygen atoms in total. The molecule has 3 heterocycles. The molecular weight excluding hydrogens is 438 g/mol. The number of carbonyl (C=O) groups excluding carboxylic acids is 2. The number of Topliss-reactive ketones (excluding diaryl/α,β-unsaturated/α-hetero) is 1. The highest BCUT2D eigenvalue weighted by Gasteiger charge is 2.47. The minimum absolute atomic E-state index is 0.117. The Morgan fingerprint density at radius 3 is 2.63 bits per heavy atom. The third-order valence-electron chi connectivity index (χ3n) is 7.14. The molecule has 1 unspecified atom stereocenters. The van der Waals surface area contributed by atoms with Crippen LogP contribution in [0.4, 0.5) is 0 Å². The van der Waals surface area contributed by atoms with Gasteiger partial charge in [0.1, 0.15) is 5.76 Å². The Hall–Kier alpha value is -4.19. The van der Waals surface area contributed by atoms with Crippen molar-refractivity contribution in [2.75, 3.05) is 0 Å². The summed E-state index contributed by atoms with van der Waals surface area (Å²) in [6, 6.07) is 18.4. The van der Waals surface area contributed by atoms with E-state index in [1.54, 1.807) is 6.20 Å². The van der Waals surface area contributed by atoms with Crippen LogP contribution in [0.2, 0.25) is 0 Å². The lowest BCUT2D eigenvalue weighted by atomic mass is 9.88. The first-order valence-electron chi connectivity index (χ1n) is 12.0. The topological polar surface area (TPSA) is 86.3 Å². The van der Waals surface area contributed by atoms with Crippen molar-refractivity contribution in [2.24, 2.45) is 0 Å². The normalized spacial score (nSPS) is 19.3. The number of ketones is 1. The molecule has 1 saturated heterocycles. The summed E-state index contributed by atoms with van der Waals surface area (Å²) in [5, 5.41) is 12.4. The number of amides is 1. The zero-order chi connectivity index (χ0) is 23.9. The molecule has 174 valence electrons. The molecule has 0 spiro atoms. The molecule has 1 amide bonds. The fourth-order valence-electron chi connectivity index (χ4n) is 5.39. The summed E-state index contributed by atoms with van der Waals surface area (Å²) >= 11 is 0. The summed E-state index contributed by atoms with van der Waals surface area (Å²) in [5.74, 6) is -1.44. The van der Waals surface area contributed by atoms with E-state index in [2.05, 4.69) is 9.97 Å². The molecule has 2 aliphatic rings. The highest BCUT2D eigenvalue weighted by molar-refractivity contribution is 6.46. The van der Waals surface area contributed by atoms with E-state index < -0.39 is 17.7 Å². The van der Waals surface area contributed by atoms with Crippen molar-refractivity contribution in [3.63, 3.8) is 0 Å². The maximum Gasteiger partial charge on any atom is 0.296 e. The van der Waals surface area contributed by atoms with Crippen molar-refractivity contribution in [1.29, 1.82) is 0 Å². The molecule has 6 heteroatoms. The predicted molar refractivity (Wildman–Crippen MR) is 133 cm³/mol. The SMILES string of the molecule is O=C1C(=O)N(Cc2ccccn2)C(c2c[nH]c3ccccc23)/C1=C(\O)c1ccc2c(c1)CCCC2. The van der Waals surface area contributed by atoms with Gasteiger partial charge in [0.05, 0.1) is 23.9 Å². The molecule has 1 atom stereocenters. The lowest BCUT2D eigenvalue weighted by molar-refractivity contribution is -0.140. The molecule has 4 aromatic rings. The average molecular weight is 464 g/mol. The minimum atomic E-state index is -0.732. The summed E-state index contributed by atoms with van der Waals surface area (Å²) in [4.78, 5) is 35.9. The van der Waals surface area contributed by atoms with E-state index in [9.17, 15) is 14.7 Å². The van der Waals surface area contributed by atoms with Gasteiger partial charge in [0.15, 0.2) is 0 Å². The quantitative estimate of drug-likeness (QED) is 0.252. The molecule has 1 aliphatic carbocycles. The molecular formula is C29H25N3O3. The predicted octanol–water partition coefficient (Wildman–Crippen LogP) is 5.06. The molecule has 1 aliphatic heterocycles. The van der Waals surface area contributed by atoms with Gasteiger partial charge in [0.2, 0.25) is 0 Å². The molecule has 0 saturated carbocycles. The van der Waals surface area contributed by atoms with E-state index in [0.717, 1.165) is 42.1 Å². The molecule has 1 fully saturated rings. The number of benzene rings is 2. The zero-order valence-electron chi connectivity index (χ0n) is 19.2. The number of hydrogen-bond donors (Lipinski definition) is 2. The number of aromatic amines is 1. The van der Waals surface area contributed by atoms with E-state index in [1.165, 1.54) is 16.0 Å². The number of nitrogens with zero attached hydrogens (tertiary/aromatic N) is 2. The summed E-state index contributed by atoms with van der Waals surface area (Å²) in [6.45, 7) is 0.163. The molecule has 2 N–H and O–H groups in total. The van der Waals surface area contributed by atoms with Gasteiger partial charge in [0.25, 0.3) is 11.7 Å². The Labute approximate surface area is 202 Å². The van der Waals surface area contributed by atoms with E-state index in [-0.39, 0.29) is 17.9 Å². The number of fused-ring (bicyclic) bond motifs is 2. The van der Waals surface area contributed by atoms with Crippen molar-refractivity contribution < 1.29 is 14.7 Å². The van der Waals surface area contributed by atoms with Crippen LogP contribution in [0.15, 0.2) is 78.6 Å². The number of carbonyl (C=O) groups is 2. The Bertz CT molecular complexity index is 1490. The second-order valence-electron chi connectivity index (χ2n) is 9.23. The van der Waals surface area contributed by atoms with Crippen molar-refractivity contribution in [2.45, 2.75) is 38.3 Å². The summed E-state index contributed by atoms with van der Waals surface area (Å²) in [6.07, 6.45) is 7.75. The fraction of sp³-hybridized carbons (Fsp3) is 0.207. The number of aliphatic hydroxyl groups is 1. The first-order chi connectivity index (χ1) is 17.1. The van der Waals surface area contributed by atoms with Crippen molar-refractivity contribution in [1.82, 2.24) is 14.9 Å². The van der Waals surface area contributed by atoms with Crippen molar-refractivity contribution >= 4 is 28.4 Å². The Balaban J connectivity index is 1.52. The smallest absolute Gasteiger partial charge is 0.296 e. The fourth-order valence-corrected chi connectivity index (χ4v) is 5.39. The van der Waals surface area contributed by atoms with Crippen LogP contribution in [0, 0.1) is 0 Å². The van der Waals surface area contributed by atoms with Gasteiger partial charge >= 0.3 is 0 Å². The number of aromatic nitrogens is 2. The van der Waals surface area contributed by atoms with Gasteiger partial charge < -0.3 is 15.0 Å². The van der Waals surface area contributed by atoms with E-state index in [4.69, 9.17) is 0 Å². The van der Waals surface area contributed by atoms with Crippen LogP contribution in [-0.2, 0) is 29.0 Å². The molecule has 0 bridgehead atoms. The van der Waals surface area contributed by atoms with E-state index >= 15 is 0 Å². The highest BCUT2D eigenvalue weighted by atomic mass is 16.3. The van der Waals surface area contributed by atoms with Crippen LogP contribution in [0.3, 0.4) is 0 Å². The maximum atomic E-state index is 13.4. The van der Waals surface area contributed by atoms with Crippen LogP contribution in [0.1, 0.15) is 46.8 Å².